The predicted molar refractivity (Wildman–Crippen MR) is 81.7 cm³/mol. The van der Waals surface area contributed by atoms with E-state index in [1.807, 2.05) is 0 Å². The molecule has 5 nitrogen and oxygen atoms in total. The van der Waals surface area contributed by atoms with E-state index in [9.17, 15) is 13.6 Å². The minimum atomic E-state index is -3.53. The Morgan fingerprint density at radius 3 is 2.70 bits per heavy atom. The predicted octanol–water partition coefficient (Wildman–Crippen LogP) is 1.88. The Morgan fingerprint density at radius 1 is 1.43 bits per heavy atom. The van der Waals surface area contributed by atoms with E-state index in [0.717, 1.165) is 36.8 Å². The molecule has 1 spiro atoms. The number of alkyl halides is 2. The molecule has 2 heterocycles. The zero-order valence-electron chi connectivity index (χ0n) is 13.5. The summed E-state index contributed by atoms with van der Waals surface area (Å²) in [6.07, 6.45) is 6.22. The van der Waals surface area contributed by atoms with Crippen LogP contribution in [0.15, 0.2) is 12.3 Å². The van der Waals surface area contributed by atoms with Gasteiger partial charge in [-0.15, -0.1) is 0 Å². The van der Waals surface area contributed by atoms with Crippen LogP contribution in [0, 0.1) is 11.3 Å². The monoisotopic (exact) mass is 326 g/mol. The standard InChI is InChI=1S/C16H24F2N4O/c1-21-13(4-8-20-21)16(17,18)14(23)22-9-6-15(7-10-22)5-2-3-12(15)11-19/h4,8,12H,2-3,5-7,9-11,19H2,1H3. The highest BCUT2D eigenvalue weighted by Gasteiger charge is 2.50. The second-order valence-electron chi connectivity index (χ2n) is 6.89. The molecule has 0 aromatic carbocycles. The van der Waals surface area contributed by atoms with Gasteiger partial charge in [0, 0.05) is 26.3 Å². The molecular formula is C16H24F2N4O. The third kappa shape index (κ3) is 2.65. The van der Waals surface area contributed by atoms with E-state index in [1.165, 1.54) is 24.2 Å². The molecule has 1 atom stereocenters. The number of rotatable bonds is 3. The second kappa shape index (κ2) is 5.85. The van der Waals surface area contributed by atoms with Crippen molar-refractivity contribution in [3.8, 4) is 0 Å². The van der Waals surface area contributed by atoms with Crippen LogP contribution in [0.1, 0.15) is 37.8 Å². The SMILES string of the molecule is Cn1nccc1C(F)(F)C(=O)N1CCC2(CCCC2CN)CC1. The number of aryl methyl sites for hydroxylation is 1. The van der Waals surface area contributed by atoms with E-state index >= 15 is 0 Å². The fourth-order valence-corrected chi connectivity index (χ4v) is 4.38. The van der Waals surface area contributed by atoms with E-state index in [1.54, 1.807) is 0 Å². The van der Waals surface area contributed by atoms with Gasteiger partial charge in [-0.05, 0) is 49.6 Å². The molecule has 0 bridgehead atoms. The van der Waals surface area contributed by atoms with Crippen molar-refractivity contribution >= 4 is 5.91 Å². The maximum atomic E-state index is 14.5. The van der Waals surface area contributed by atoms with Crippen LogP contribution in [-0.2, 0) is 17.8 Å². The number of carbonyl (C=O) groups excluding carboxylic acids is 1. The van der Waals surface area contributed by atoms with Crippen molar-refractivity contribution in [2.75, 3.05) is 19.6 Å². The van der Waals surface area contributed by atoms with Crippen LogP contribution in [0.4, 0.5) is 8.78 Å². The summed E-state index contributed by atoms with van der Waals surface area (Å²) in [5.74, 6) is -4.17. The van der Waals surface area contributed by atoms with Crippen molar-refractivity contribution in [1.82, 2.24) is 14.7 Å². The average molecular weight is 326 g/mol. The Morgan fingerprint density at radius 2 is 2.13 bits per heavy atom. The Hall–Kier alpha value is -1.50. The van der Waals surface area contributed by atoms with Crippen LogP contribution in [0.3, 0.4) is 0 Å². The molecule has 2 aliphatic rings. The molecule has 1 aromatic heterocycles. The number of hydrogen-bond donors (Lipinski definition) is 1. The van der Waals surface area contributed by atoms with E-state index in [2.05, 4.69) is 5.10 Å². The van der Waals surface area contributed by atoms with E-state index in [4.69, 9.17) is 5.73 Å². The lowest BCUT2D eigenvalue weighted by Crippen LogP contribution is -2.50. The summed E-state index contributed by atoms with van der Waals surface area (Å²) in [7, 11) is 1.42. The first-order valence-corrected chi connectivity index (χ1v) is 8.26. The smallest absolute Gasteiger partial charge is 0.337 e. The number of nitrogens with two attached hydrogens (primary N) is 1. The highest BCUT2D eigenvalue weighted by atomic mass is 19.3. The third-order valence-electron chi connectivity index (χ3n) is 5.84. The van der Waals surface area contributed by atoms with Gasteiger partial charge in [-0.2, -0.15) is 13.9 Å². The Kier molecular flexibility index (Phi) is 4.16. The van der Waals surface area contributed by atoms with Crippen LogP contribution >= 0.6 is 0 Å². The summed E-state index contributed by atoms with van der Waals surface area (Å²) in [6, 6.07) is 1.20. The van der Waals surface area contributed by atoms with E-state index in [0.29, 0.717) is 25.6 Å². The number of likely N-dealkylation sites (tertiary alicyclic amines) is 1. The first-order valence-electron chi connectivity index (χ1n) is 8.26. The number of carbonyl (C=O) groups is 1. The molecule has 2 N–H and O–H groups in total. The van der Waals surface area contributed by atoms with Crippen LogP contribution in [0.2, 0.25) is 0 Å². The lowest BCUT2D eigenvalue weighted by molar-refractivity contribution is -0.162. The molecule has 1 amide bonds. The molecule has 128 valence electrons. The summed E-state index contributed by atoms with van der Waals surface area (Å²) in [5, 5.41) is 3.74. The van der Waals surface area contributed by atoms with Gasteiger partial charge in [-0.25, -0.2) is 0 Å². The van der Waals surface area contributed by atoms with Gasteiger partial charge in [0.05, 0.1) is 0 Å². The van der Waals surface area contributed by atoms with Gasteiger partial charge in [0.1, 0.15) is 5.69 Å². The Bertz CT molecular complexity index is 578. The number of amides is 1. The van der Waals surface area contributed by atoms with Gasteiger partial charge >= 0.3 is 5.92 Å². The van der Waals surface area contributed by atoms with E-state index in [-0.39, 0.29) is 11.1 Å². The molecule has 3 rings (SSSR count). The quantitative estimate of drug-likeness (QED) is 0.922. The molecule has 1 saturated carbocycles. The Balaban J connectivity index is 1.70. The molecule has 1 aliphatic carbocycles. The fourth-order valence-electron chi connectivity index (χ4n) is 4.38. The normalized spacial score (nSPS) is 24.3. The average Bonchev–Trinajstić information content (AvgIpc) is 3.14. The second-order valence-corrected chi connectivity index (χ2v) is 6.89. The minimum Gasteiger partial charge on any atom is -0.337 e. The maximum Gasteiger partial charge on any atom is 0.365 e. The van der Waals surface area contributed by atoms with Gasteiger partial charge in [0.2, 0.25) is 0 Å². The zero-order valence-corrected chi connectivity index (χ0v) is 13.5. The Labute approximate surface area is 134 Å². The molecule has 7 heteroatoms. The maximum absolute atomic E-state index is 14.5. The van der Waals surface area contributed by atoms with Crippen LogP contribution in [0.5, 0.6) is 0 Å². The first-order chi connectivity index (χ1) is 10.9. The summed E-state index contributed by atoms with van der Waals surface area (Å²) in [5.41, 5.74) is 5.68. The largest absolute Gasteiger partial charge is 0.365 e. The highest BCUT2D eigenvalue weighted by molar-refractivity contribution is 5.84. The number of aromatic nitrogens is 2. The summed E-state index contributed by atoms with van der Waals surface area (Å²) in [4.78, 5) is 13.6. The first kappa shape index (κ1) is 16.4. The number of hydrogen-bond acceptors (Lipinski definition) is 3. The van der Waals surface area contributed by atoms with Crippen molar-refractivity contribution < 1.29 is 13.6 Å². The lowest BCUT2D eigenvalue weighted by Gasteiger charge is -2.43. The van der Waals surface area contributed by atoms with Crippen molar-refractivity contribution in [2.24, 2.45) is 24.1 Å². The molecule has 23 heavy (non-hydrogen) atoms. The summed E-state index contributed by atoms with van der Waals surface area (Å²) in [6.45, 7) is 1.44. The minimum absolute atomic E-state index is 0.160. The van der Waals surface area contributed by atoms with Crippen molar-refractivity contribution in [3.63, 3.8) is 0 Å². The zero-order chi connectivity index (χ0) is 16.7. The number of nitrogens with zero attached hydrogens (tertiary/aromatic N) is 3. The van der Waals surface area contributed by atoms with Gasteiger partial charge < -0.3 is 10.6 Å². The molecule has 1 saturated heterocycles. The molecule has 0 radical (unpaired) electrons. The number of piperidine rings is 1. The third-order valence-corrected chi connectivity index (χ3v) is 5.84. The van der Waals surface area contributed by atoms with Crippen molar-refractivity contribution in [3.05, 3.63) is 18.0 Å². The molecular weight excluding hydrogens is 302 g/mol. The summed E-state index contributed by atoms with van der Waals surface area (Å²) >= 11 is 0. The van der Waals surface area contributed by atoms with Crippen LogP contribution in [-0.4, -0.2) is 40.2 Å². The number of halogens is 2. The fraction of sp³-hybridized carbons (Fsp3) is 0.750. The topological polar surface area (TPSA) is 64.2 Å². The van der Waals surface area contributed by atoms with E-state index < -0.39 is 11.8 Å². The lowest BCUT2D eigenvalue weighted by atomic mass is 9.70. The van der Waals surface area contributed by atoms with Crippen LogP contribution < -0.4 is 5.73 Å². The van der Waals surface area contributed by atoms with Gasteiger partial charge in [-0.3, -0.25) is 9.48 Å². The van der Waals surface area contributed by atoms with Gasteiger partial charge in [-0.1, -0.05) is 6.42 Å². The highest BCUT2D eigenvalue weighted by Crippen LogP contribution is 2.50. The van der Waals surface area contributed by atoms with Gasteiger partial charge in [0.25, 0.3) is 5.91 Å². The summed E-state index contributed by atoms with van der Waals surface area (Å²) < 4.78 is 30.0. The van der Waals surface area contributed by atoms with Crippen molar-refractivity contribution in [2.45, 2.75) is 38.0 Å². The van der Waals surface area contributed by atoms with Crippen molar-refractivity contribution in [1.29, 1.82) is 0 Å². The molecule has 2 fully saturated rings. The molecule has 1 aromatic rings. The molecule has 1 aliphatic heterocycles. The van der Waals surface area contributed by atoms with Crippen LogP contribution in [0.25, 0.3) is 0 Å². The van der Waals surface area contributed by atoms with Gasteiger partial charge in [0.15, 0.2) is 0 Å². The molecule has 1 unspecified atom stereocenters.